The molecular weight excluding hydrogens is 540 g/mol. The second-order valence-electron chi connectivity index (χ2n) is 10.2. The van der Waals surface area contributed by atoms with Crippen molar-refractivity contribution in [2.45, 2.75) is 32.2 Å². The van der Waals surface area contributed by atoms with Gasteiger partial charge in [-0.15, -0.1) is 0 Å². The Balaban J connectivity index is 1.44. The fourth-order valence-electron chi connectivity index (χ4n) is 5.40. The Morgan fingerprint density at radius 2 is 1.81 bits per heavy atom. The van der Waals surface area contributed by atoms with Gasteiger partial charge in [0.15, 0.2) is 17.3 Å². The number of nitrogens with one attached hydrogen (secondary N) is 1. The Morgan fingerprint density at radius 1 is 1.02 bits per heavy atom. The molecule has 11 nitrogen and oxygen atoms in total. The van der Waals surface area contributed by atoms with Gasteiger partial charge < -0.3 is 18.1 Å². The summed E-state index contributed by atoms with van der Waals surface area (Å²) in [5.41, 5.74) is 5.33. The Morgan fingerprint density at radius 3 is 2.48 bits per heavy atom. The Bertz CT molecular complexity index is 2090. The molecule has 7 rings (SSSR count). The molecule has 1 aliphatic rings. The lowest BCUT2D eigenvalue weighted by Crippen LogP contribution is -2.09. The number of rotatable bonds is 7. The molecule has 0 amide bonds. The van der Waals surface area contributed by atoms with Gasteiger partial charge in [0.05, 0.1) is 18.2 Å². The van der Waals surface area contributed by atoms with Gasteiger partial charge in [-0.3, -0.25) is 9.51 Å². The molecule has 0 atom stereocenters. The van der Waals surface area contributed by atoms with Crippen molar-refractivity contribution >= 4 is 17.0 Å². The Hall–Kier alpha value is -5.45. The first-order chi connectivity index (χ1) is 20.4. The second kappa shape index (κ2) is 9.88. The molecule has 1 saturated carbocycles. The average molecular weight is 565 g/mol. The molecule has 3 aromatic carbocycles. The molecule has 0 spiro atoms. The highest BCUT2D eigenvalue weighted by Crippen LogP contribution is 2.43. The maximum Gasteiger partial charge on any atom is 0.519 e. The molecule has 0 radical (unpaired) electrons. The van der Waals surface area contributed by atoms with Gasteiger partial charge in [0.1, 0.15) is 11.3 Å². The smallest absolute Gasteiger partial charge is 0.465 e. The van der Waals surface area contributed by atoms with E-state index in [0.717, 1.165) is 35.4 Å². The third-order valence-electron chi connectivity index (χ3n) is 7.46. The van der Waals surface area contributed by atoms with Crippen LogP contribution in [0.4, 0.5) is 0 Å². The topological polar surface area (TPSA) is 146 Å². The quantitative estimate of drug-likeness (QED) is 0.256. The van der Waals surface area contributed by atoms with Crippen LogP contribution < -0.4 is 11.6 Å². The summed E-state index contributed by atoms with van der Waals surface area (Å²) in [6.45, 7) is 2.00. The standard InChI is InChI=1S/C31H24N4O7/c1-16-26(41-31(38)40-16)21-12-13-22(29(36)39-2)25-24(21)32-28(19-9-10-19)35(25)15-17-8-11-20(18-6-4-3-5-7-18)23(14-17)27-33-30(37)42-34-27/h3-8,11-14,19H,9-10,15H2,1-2H3,(H,33,34,37). The van der Waals surface area contributed by atoms with Gasteiger partial charge >= 0.3 is 17.5 Å². The largest absolute Gasteiger partial charge is 0.519 e. The van der Waals surface area contributed by atoms with E-state index in [-0.39, 0.29) is 11.7 Å². The molecule has 0 unspecified atom stereocenters. The van der Waals surface area contributed by atoms with Crippen molar-refractivity contribution in [2.24, 2.45) is 0 Å². The molecule has 0 bridgehead atoms. The highest BCUT2D eigenvalue weighted by molar-refractivity contribution is 6.06. The van der Waals surface area contributed by atoms with E-state index in [1.54, 1.807) is 19.1 Å². The van der Waals surface area contributed by atoms with Crippen LogP contribution in [0.3, 0.4) is 0 Å². The molecule has 1 fully saturated rings. The molecule has 0 saturated heterocycles. The van der Waals surface area contributed by atoms with Crippen LogP contribution in [0.1, 0.15) is 46.3 Å². The lowest BCUT2D eigenvalue weighted by Gasteiger charge is -2.14. The van der Waals surface area contributed by atoms with Crippen LogP contribution in [-0.4, -0.2) is 32.8 Å². The van der Waals surface area contributed by atoms with E-state index in [0.29, 0.717) is 45.9 Å². The summed E-state index contributed by atoms with van der Waals surface area (Å²) in [6, 6.07) is 19.0. The molecule has 0 aliphatic heterocycles. The van der Waals surface area contributed by atoms with E-state index in [4.69, 9.17) is 23.1 Å². The number of benzene rings is 3. The summed E-state index contributed by atoms with van der Waals surface area (Å²) in [5.74, 6) is -0.0654. The van der Waals surface area contributed by atoms with Gasteiger partial charge in [0.25, 0.3) is 0 Å². The number of esters is 1. The number of aromatic amines is 1. The van der Waals surface area contributed by atoms with Gasteiger partial charge in [0.2, 0.25) is 0 Å². The fraction of sp³-hybridized carbons (Fsp3) is 0.194. The second-order valence-corrected chi connectivity index (χ2v) is 10.2. The van der Waals surface area contributed by atoms with Crippen molar-refractivity contribution < 1.29 is 22.9 Å². The van der Waals surface area contributed by atoms with E-state index in [1.807, 2.05) is 53.1 Å². The summed E-state index contributed by atoms with van der Waals surface area (Å²) < 4.78 is 22.5. The number of hydrogen-bond acceptors (Lipinski definition) is 9. The number of H-pyrrole nitrogens is 1. The van der Waals surface area contributed by atoms with Gasteiger partial charge in [-0.05, 0) is 54.7 Å². The molecule has 1 N–H and O–H groups in total. The minimum Gasteiger partial charge on any atom is -0.465 e. The van der Waals surface area contributed by atoms with E-state index >= 15 is 0 Å². The minimum absolute atomic E-state index is 0.211. The van der Waals surface area contributed by atoms with Crippen LogP contribution >= 0.6 is 0 Å². The Labute approximate surface area is 237 Å². The first-order valence-electron chi connectivity index (χ1n) is 13.4. The molecule has 3 heterocycles. The van der Waals surface area contributed by atoms with Crippen LogP contribution in [0.5, 0.6) is 0 Å². The number of methoxy groups -OCH3 is 1. The van der Waals surface area contributed by atoms with Crippen molar-refractivity contribution in [1.29, 1.82) is 0 Å². The van der Waals surface area contributed by atoms with Crippen LogP contribution in [0.15, 0.2) is 83.6 Å². The number of carbonyl (C=O) groups is 1. The van der Waals surface area contributed by atoms with Crippen molar-refractivity contribution in [2.75, 3.05) is 7.11 Å². The normalized spacial score (nSPS) is 13.1. The predicted molar refractivity (Wildman–Crippen MR) is 151 cm³/mol. The highest BCUT2D eigenvalue weighted by atomic mass is 16.6. The van der Waals surface area contributed by atoms with E-state index < -0.39 is 17.5 Å². The summed E-state index contributed by atoms with van der Waals surface area (Å²) >= 11 is 0. The molecule has 6 aromatic rings. The summed E-state index contributed by atoms with van der Waals surface area (Å²) in [7, 11) is 1.33. The van der Waals surface area contributed by atoms with E-state index in [1.165, 1.54) is 7.11 Å². The van der Waals surface area contributed by atoms with Crippen LogP contribution in [-0.2, 0) is 11.3 Å². The van der Waals surface area contributed by atoms with Crippen molar-refractivity contribution in [3.63, 3.8) is 0 Å². The summed E-state index contributed by atoms with van der Waals surface area (Å²) in [5, 5.41) is 3.95. The molecular formula is C31H24N4O7. The highest BCUT2D eigenvalue weighted by Gasteiger charge is 2.33. The number of ether oxygens (including phenoxy) is 1. The zero-order valence-electron chi connectivity index (χ0n) is 22.7. The molecule has 210 valence electrons. The van der Waals surface area contributed by atoms with Crippen LogP contribution in [0.25, 0.3) is 44.9 Å². The third kappa shape index (κ3) is 4.35. The monoisotopic (exact) mass is 564 g/mol. The van der Waals surface area contributed by atoms with Crippen molar-refractivity contribution in [3.05, 3.63) is 105 Å². The van der Waals surface area contributed by atoms with E-state index in [9.17, 15) is 14.4 Å². The molecule has 11 heteroatoms. The minimum atomic E-state index is -0.813. The zero-order valence-corrected chi connectivity index (χ0v) is 22.7. The number of aromatic nitrogens is 4. The summed E-state index contributed by atoms with van der Waals surface area (Å²) in [6.07, 6.45) is 1.93. The fourth-order valence-corrected chi connectivity index (χ4v) is 5.40. The predicted octanol–water partition coefficient (Wildman–Crippen LogP) is 5.28. The number of aryl methyl sites for hydroxylation is 1. The zero-order chi connectivity index (χ0) is 29.0. The Kier molecular flexibility index (Phi) is 6.00. The molecule has 1 aliphatic carbocycles. The number of nitrogens with zero attached hydrogens (tertiary/aromatic N) is 3. The lowest BCUT2D eigenvalue weighted by molar-refractivity contribution is 0.0602. The van der Waals surface area contributed by atoms with Crippen molar-refractivity contribution in [3.8, 4) is 33.8 Å². The van der Waals surface area contributed by atoms with Gasteiger partial charge in [-0.1, -0.05) is 47.6 Å². The first-order valence-corrected chi connectivity index (χ1v) is 13.4. The van der Waals surface area contributed by atoms with Gasteiger partial charge in [-0.25, -0.2) is 19.4 Å². The molecule has 3 aromatic heterocycles. The number of carbonyl (C=O) groups excluding carboxylic acids is 1. The maximum absolute atomic E-state index is 13.0. The van der Waals surface area contributed by atoms with Crippen LogP contribution in [0.2, 0.25) is 0 Å². The third-order valence-corrected chi connectivity index (χ3v) is 7.46. The lowest BCUT2D eigenvalue weighted by atomic mass is 9.97. The summed E-state index contributed by atoms with van der Waals surface area (Å²) in [4.78, 5) is 44.4. The number of hydrogen-bond donors (Lipinski definition) is 1. The number of fused-ring (bicyclic) bond motifs is 1. The maximum atomic E-state index is 13.0. The van der Waals surface area contributed by atoms with Gasteiger partial charge in [0, 0.05) is 23.6 Å². The number of imidazole rings is 1. The van der Waals surface area contributed by atoms with Crippen molar-refractivity contribution in [1.82, 2.24) is 19.7 Å². The van der Waals surface area contributed by atoms with E-state index in [2.05, 4.69) is 10.1 Å². The average Bonchev–Trinajstić information content (AvgIpc) is 3.51. The molecule has 42 heavy (non-hydrogen) atoms. The SMILES string of the molecule is COC(=O)c1ccc(-c2oc(=O)oc2C)c2nc(C3CC3)n(Cc3ccc(-c4ccccc4)c(-c4noc(=O)[nH]4)c3)c12. The van der Waals surface area contributed by atoms with Gasteiger partial charge in [-0.2, -0.15) is 0 Å². The first kappa shape index (κ1) is 25.5. The van der Waals surface area contributed by atoms with Crippen LogP contribution in [0, 0.1) is 6.92 Å².